The molecule has 5 heteroatoms. The summed E-state index contributed by atoms with van der Waals surface area (Å²) < 4.78 is 37.2. The predicted octanol–water partition coefficient (Wildman–Crippen LogP) is 2.88. The lowest BCUT2D eigenvalue weighted by Crippen LogP contribution is -2.70. The van der Waals surface area contributed by atoms with Gasteiger partial charge in [0.05, 0.1) is 11.1 Å². The molecular weight excluding hydrogens is 241 g/mol. The molecule has 1 fully saturated rings. The molecule has 0 spiro atoms. The summed E-state index contributed by atoms with van der Waals surface area (Å²) in [6, 6.07) is 5.23. The molecule has 2 N–H and O–H groups in total. The van der Waals surface area contributed by atoms with Crippen LogP contribution in [0.3, 0.4) is 0 Å². The fraction of sp³-hybridized carbons (Fsp3) is 0.538. The second kappa shape index (κ2) is 4.16. The van der Waals surface area contributed by atoms with Crippen LogP contribution in [0.1, 0.15) is 19.4 Å². The molecule has 0 unspecified atom stereocenters. The Morgan fingerprint density at radius 2 is 1.67 bits per heavy atom. The van der Waals surface area contributed by atoms with Gasteiger partial charge in [-0.3, -0.25) is 0 Å². The van der Waals surface area contributed by atoms with Crippen LogP contribution in [0.15, 0.2) is 24.3 Å². The molecule has 100 valence electrons. The van der Waals surface area contributed by atoms with E-state index in [0.717, 1.165) is 17.8 Å². The van der Waals surface area contributed by atoms with Gasteiger partial charge in [0.25, 0.3) is 0 Å². The molecule has 1 aromatic rings. The van der Waals surface area contributed by atoms with Crippen LogP contribution in [0.2, 0.25) is 0 Å². The van der Waals surface area contributed by atoms with E-state index in [1.165, 1.54) is 12.1 Å². The smallest absolute Gasteiger partial charge is 0.368 e. The maximum atomic E-state index is 12.4. The highest BCUT2D eigenvalue weighted by atomic mass is 19.4. The van der Waals surface area contributed by atoms with Crippen molar-refractivity contribution in [2.45, 2.75) is 25.6 Å². The lowest BCUT2D eigenvalue weighted by molar-refractivity contribution is -0.137. The maximum absolute atomic E-state index is 12.4. The maximum Gasteiger partial charge on any atom is 0.416 e. The molecule has 0 bridgehead atoms. The first kappa shape index (κ1) is 13.2. The Kier molecular flexibility index (Phi) is 3.05. The third-order valence-electron chi connectivity index (χ3n) is 3.68. The zero-order valence-electron chi connectivity index (χ0n) is 10.5. The van der Waals surface area contributed by atoms with E-state index in [1.54, 1.807) is 0 Å². The van der Waals surface area contributed by atoms with Gasteiger partial charge in [0, 0.05) is 18.8 Å². The van der Waals surface area contributed by atoms with Crippen LogP contribution in [0, 0.1) is 5.92 Å². The summed E-state index contributed by atoms with van der Waals surface area (Å²) in [5, 5.41) is 0. The first-order valence-electron chi connectivity index (χ1n) is 5.93. The number of benzene rings is 1. The average molecular weight is 258 g/mol. The number of halogens is 3. The second-order valence-electron chi connectivity index (χ2n) is 5.29. The van der Waals surface area contributed by atoms with Crippen LogP contribution in [0.4, 0.5) is 18.9 Å². The Labute approximate surface area is 105 Å². The SMILES string of the molecule is CC(C)C1(N)CN(c2ccc(C(F)(F)F)cc2)C1. The molecule has 1 aliphatic rings. The number of hydrogen-bond acceptors (Lipinski definition) is 2. The Morgan fingerprint density at radius 1 is 1.17 bits per heavy atom. The number of hydrogen-bond donors (Lipinski definition) is 1. The molecule has 0 radical (unpaired) electrons. The Hall–Kier alpha value is -1.23. The zero-order chi connectivity index (χ0) is 13.6. The Balaban J connectivity index is 2.05. The van der Waals surface area contributed by atoms with Crippen molar-refractivity contribution in [2.24, 2.45) is 11.7 Å². The van der Waals surface area contributed by atoms with Crippen LogP contribution in [0.5, 0.6) is 0 Å². The van der Waals surface area contributed by atoms with Gasteiger partial charge in [0.15, 0.2) is 0 Å². The standard InChI is InChI=1S/C13H17F3N2/c1-9(2)12(17)7-18(8-12)11-5-3-10(4-6-11)13(14,15)16/h3-6,9H,7-8,17H2,1-2H3. The summed E-state index contributed by atoms with van der Waals surface area (Å²) in [4.78, 5) is 2.00. The molecule has 1 aliphatic heterocycles. The number of alkyl halides is 3. The zero-order valence-corrected chi connectivity index (χ0v) is 10.5. The molecule has 0 saturated carbocycles. The summed E-state index contributed by atoms with van der Waals surface area (Å²) in [6.45, 7) is 5.50. The predicted molar refractivity (Wildman–Crippen MR) is 65.4 cm³/mol. The van der Waals surface area contributed by atoms with Crippen molar-refractivity contribution in [1.29, 1.82) is 0 Å². The van der Waals surface area contributed by atoms with Crippen LogP contribution < -0.4 is 10.6 Å². The lowest BCUT2D eigenvalue weighted by atomic mass is 9.80. The highest BCUT2D eigenvalue weighted by Crippen LogP contribution is 2.34. The molecule has 0 atom stereocenters. The van der Waals surface area contributed by atoms with Crippen molar-refractivity contribution in [3.63, 3.8) is 0 Å². The van der Waals surface area contributed by atoms with Gasteiger partial charge in [0.1, 0.15) is 0 Å². The van der Waals surface area contributed by atoms with Crippen molar-refractivity contribution in [2.75, 3.05) is 18.0 Å². The van der Waals surface area contributed by atoms with Crippen LogP contribution in [0.25, 0.3) is 0 Å². The van der Waals surface area contributed by atoms with Gasteiger partial charge in [-0.05, 0) is 30.2 Å². The lowest BCUT2D eigenvalue weighted by Gasteiger charge is -2.51. The minimum Gasteiger partial charge on any atom is -0.368 e. The molecular formula is C13H17F3N2. The molecule has 0 aliphatic carbocycles. The van der Waals surface area contributed by atoms with Gasteiger partial charge in [-0.1, -0.05) is 13.8 Å². The van der Waals surface area contributed by atoms with E-state index in [-0.39, 0.29) is 5.54 Å². The fourth-order valence-corrected chi connectivity index (χ4v) is 2.07. The summed E-state index contributed by atoms with van der Waals surface area (Å²) in [7, 11) is 0. The summed E-state index contributed by atoms with van der Waals surface area (Å²) in [5.74, 6) is 0.364. The minimum atomic E-state index is -4.27. The topological polar surface area (TPSA) is 29.3 Å². The van der Waals surface area contributed by atoms with Gasteiger partial charge in [-0.15, -0.1) is 0 Å². The molecule has 0 amide bonds. The number of nitrogens with zero attached hydrogens (tertiary/aromatic N) is 1. The molecule has 2 rings (SSSR count). The monoisotopic (exact) mass is 258 g/mol. The van der Waals surface area contributed by atoms with Gasteiger partial charge in [0.2, 0.25) is 0 Å². The highest BCUT2D eigenvalue weighted by Gasteiger charge is 2.42. The van der Waals surface area contributed by atoms with Gasteiger partial charge in [-0.25, -0.2) is 0 Å². The minimum absolute atomic E-state index is 0.220. The molecule has 1 aromatic carbocycles. The van der Waals surface area contributed by atoms with E-state index >= 15 is 0 Å². The van der Waals surface area contributed by atoms with E-state index in [0.29, 0.717) is 19.0 Å². The van der Waals surface area contributed by atoms with Gasteiger partial charge < -0.3 is 10.6 Å². The molecule has 1 saturated heterocycles. The largest absolute Gasteiger partial charge is 0.416 e. The summed E-state index contributed by atoms with van der Waals surface area (Å²) in [5.41, 5.74) is 6.11. The summed E-state index contributed by atoms with van der Waals surface area (Å²) >= 11 is 0. The van der Waals surface area contributed by atoms with E-state index in [4.69, 9.17) is 5.73 Å². The van der Waals surface area contributed by atoms with E-state index in [2.05, 4.69) is 13.8 Å². The Morgan fingerprint density at radius 3 is 2.06 bits per heavy atom. The van der Waals surface area contributed by atoms with Crippen molar-refractivity contribution in [3.8, 4) is 0 Å². The van der Waals surface area contributed by atoms with E-state index in [9.17, 15) is 13.2 Å². The molecule has 18 heavy (non-hydrogen) atoms. The molecule has 0 aromatic heterocycles. The van der Waals surface area contributed by atoms with Crippen molar-refractivity contribution >= 4 is 5.69 Å². The third kappa shape index (κ3) is 2.32. The van der Waals surface area contributed by atoms with Crippen molar-refractivity contribution in [1.82, 2.24) is 0 Å². The highest BCUT2D eigenvalue weighted by molar-refractivity contribution is 5.52. The molecule has 2 nitrogen and oxygen atoms in total. The normalized spacial score (nSPS) is 18.9. The van der Waals surface area contributed by atoms with Gasteiger partial charge >= 0.3 is 6.18 Å². The van der Waals surface area contributed by atoms with Crippen molar-refractivity contribution < 1.29 is 13.2 Å². The fourth-order valence-electron chi connectivity index (χ4n) is 2.07. The number of anilines is 1. The van der Waals surface area contributed by atoms with E-state index < -0.39 is 11.7 Å². The van der Waals surface area contributed by atoms with E-state index in [1.807, 2.05) is 4.90 Å². The Bertz CT molecular complexity index is 417. The number of rotatable bonds is 2. The number of nitrogens with two attached hydrogens (primary N) is 1. The van der Waals surface area contributed by atoms with Crippen LogP contribution in [-0.4, -0.2) is 18.6 Å². The average Bonchev–Trinajstić information content (AvgIpc) is 2.23. The molecule has 1 heterocycles. The van der Waals surface area contributed by atoms with Crippen molar-refractivity contribution in [3.05, 3.63) is 29.8 Å². The first-order chi connectivity index (χ1) is 8.22. The quantitative estimate of drug-likeness (QED) is 0.883. The van der Waals surface area contributed by atoms with Gasteiger partial charge in [-0.2, -0.15) is 13.2 Å². The summed E-state index contributed by atoms with van der Waals surface area (Å²) in [6.07, 6.45) is -4.27. The first-order valence-corrected chi connectivity index (χ1v) is 5.93. The second-order valence-corrected chi connectivity index (χ2v) is 5.29. The van der Waals surface area contributed by atoms with Crippen LogP contribution >= 0.6 is 0 Å². The van der Waals surface area contributed by atoms with Crippen LogP contribution in [-0.2, 0) is 6.18 Å². The third-order valence-corrected chi connectivity index (χ3v) is 3.68.